The summed E-state index contributed by atoms with van der Waals surface area (Å²) in [5.41, 5.74) is 5.35. The highest BCUT2D eigenvalue weighted by Gasteiger charge is 2.10. The lowest BCUT2D eigenvalue weighted by Gasteiger charge is -2.00. The predicted octanol–water partition coefficient (Wildman–Crippen LogP) is 3.51. The number of H-pyrrole nitrogens is 1. The van der Waals surface area contributed by atoms with E-state index in [1.165, 1.54) is 6.21 Å². The molecule has 3 aromatic rings. The number of benzene rings is 2. The van der Waals surface area contributed by atoms with Gasteiger partial charge in [-0.1, -0.05) is 48.5 Å². The van der Waals surface area contributed by atoms with E-state index >= 15 is 0 Å². The zero-order valence-electron chi connectivity index (χ0n) is 14.2. The van der Waals surface area contributed by atoms with E-state index in [1.54, 1.807) is 19.3 Å². The molecule has 0 aliphatic heterocycles. The van der Waals surface area contributed by atoms with Gasteiger partial charge in [0.05, 0.1) is 12.8 Å². The van der Waals surface area contributed by atoms with Crippen LogP contribution in [0.15, 0.2) is 71.8 Å². The standard InChI is InChI=1S/C20H18N4O2/c1-26-17-11-5-10-16(13-17)18-14-19(23-22-18)20(25)24-21-12-6-9-15-7-3-2-4-8-15/h2-14H,1H3,(H,22,23)(H,24,25)/b9-6+,21-12-. The van der Waals surface area contributed by atoms with Crippen molar-refractivity contribution in [2.75, 3.05) is 7.11 Å². The number of hydrogen-bond donors (Lipinski definition) is 2. The fourth-order valence-corrected chi connectivity index (χ4v) is 2.29. The van der Waals surface area contributed by atoms with Crippen LogP contribution in [0.25, 0.3) is 17.3 Å². The molecule has 1 amide bonds. The maximum Gasteiger partial charge on any atom is 0.289 e. The third kappa shape index (κ3) is 4.45. The second kappa shape index (κ2) is 8.43. The Morgan fingerprint density at radius 3 is 2.81 bits per heavy atom. The summed E-state index contributed by atoms with van der Waals surface area (Å²) in [6.07, 6.45) is 5.17. The topological polar surface area (TPSA) is 79.4 Å². The average molecular weight is 346 g/mol. The number of carbonyl (C=O) groups excluding carboxylic acids is 1. The molecule has 6 heteroatoms. The second-order valence-corrected chi connectivity index (χ2v) is 5.39. The highest BCUT2D eigenvalue weighted by Crippen LogP contribution is 2.22. The Labute approximate surface area is 151 Å². The summed E-state index contributed by atoms with van der Waals surface area (Å²) in [6, 6.07) is 19.0. The van der Waals surface area contributed by atoms with Crippen LogP contribution in [-0.2, 0) is 0 Å². The van der Waals surface area contributed by atoms with E-state index in [1.807, 2.05) is 60.7 Å². The van der Waals surface area contributed by atoms with Crippen molar-refractivity contribution in [3.63, 3.8) is 0 Å². The molecule has 1 heterocycles. The lowest BCUT2D eigenvalue weighted by molar-refractivity contribution is 0.0950. The van der Waals surface area contributed by atoms with Gasteiger partial charge in [0.25, 0.3) is 5.91 Å². The summed E-state index contributed by atoms with van der Waals surface area (Å²) in [7, 11) is 1.60. The number of hydrogen-bond acceptors (Lipinski definition) is 4. The summed E-state index contributed by atoms with van der Waals surface area (Å²) in [6.45, 7) is 0. The molecular formula is C20H18N4O2. The van der Waals surface area contributed by atoms with Gasteiger partial charge in [0.15, 0.2) is 0 Å². The Balaban J connectivity index is 1.59. The van der Waals surface area contributed by atoms with Crippen LogP contribution in [0.4, 0.5) is 0 Å². The molecule has 130 valence electrons. The van der Waals surface area contributed by atoms with E-state index in [0.29, 0.717) is 11.4 Å². The van der Waals surface area contributed by atoms with Crippen molar-refractivity contribution in [3.05, 3.63) is 78.0 Å². The number of ether oxygens (including phenoxy) is 1. The molecule has 0 saturated carbocycles. The fraction of sp³-hybridized carbons (Fsp3) is 0.0500. The molecule has 0 bridgehead atoms. The van der Waals surface area contributed by atoms with Gasteiger partial charge < -0.3 is 4.74 Å². The first-order chi connectivity index (χ1) is 12.8. The lowest BCUT2D eigenvalue weighted by atomic mass is 10.1. The highest BCUT2D eigenvalue weighted by atomic mass is 16.5. The van der Waals surface area contributed by atoms with Crippen LogP contribution in [0.2, 0.25) is 0 Å². The lowest BCUT2D eigenvalue weighted by Crippen LogP contribution is -2.17. The van der Waals surface area contributed by atoms with E-state index in [0.717, 1.165) is 16.9 Å². The molecule has 3 rings (SSSR count). The second-order valence-electron chi connectivity index (χ2n) is 5.39. The van der Waals surface area contributed by atoms with Gasteiger partial charge in [-0.2, -0.15) is 10.2 Å². The molecule has 0 aliphatic rings. The van der Waals surface area contributed by atoms with Crippen LogP contribution in [0.3, 0.4) is 0 Å². The minimum atomic E-state index is -0.365. The average Bonchev–Trinajstić information content (AvgIpc) is 3.19. The first-order valence-corrected chi connectivity index (χ1v) is 8.01. The van der Waals surface area contributed by atoms with Crippen molar-refractivity contribution in [1.82, 2.24) is 15.6 Å². The minimum Gasteiger partial charge on any atom is -0.497 e. The van der Waals surface area contributed by atoms with Gasteiger partial charge in [-0.15, -0.1) is 0 Å². The van der Waals surface area contributed by atoms with Gasteiger partial charge in [-0.3, -0.25) is 9.89 Å². The van der Waals surface area contributed by atoms with Gasteiger partial charge in [0.1, 0.15) is 11.4 Å². The molecule has 0 aliphatic carbocycles. The SMILES string of the molecule is COc1cccc(-c2cc(C(=O)N/N=C\C=C\c3ccccc3)[nH]n2)c1. The number of methoxy groups -OCH3 is 1. The van der Waals surface area contributed by atoms with Gasteiger partial charge >= 0.3 is 0 Å². The Bertz CT molecular complexity index is 930. The maximum atomic E-state index is 12.1. The Morgan fingerprint density at radius 1 is 1.15 bits per heavy atom. The van der Waals surface area contributed by atoms with Gasteiger partial charge in [0.2, 0.25) is 0 Å². The monoisotopic (exact) mass is 346 g/mol. The number of aromatic nitrogens is 2. The first-order valence-electron chi connectivity index (χ1n) is 8.01. The third-order valence-corrected chi connectivity index (χ3v) is 3.60. The molecule has 0 atom stereocenters. The van der Waals surface area contributed by atoms with Crippen molar-refractivity contribution in [2.24, 2.45) is 5.10 Å². The molecule has 6 nitrogen and oxygen atoms in total. The van der Waals surface area contributed by atoms with Crippen LogP contribution in [-0.4, -0.2) is 29.4 Å². The van der Waals surface area contributed by atoms with Gasteiger partial charge in [0, 0.05) is 11.8 Å². The van der Waals surface area contributed by atoms with Crippen LogP contribution >= 0.6 is 0 Å². The molecular weight excluding hydrogens is 328 g/mol. The summed E-state index contributed by atoms with van der Waals surface area (Å²) >= 11 is 0. The molecule has 0 fully saturated rings. The molecule has 0 radical (unpaired) electrons. The predicted molar refractivity (Wildman–Crippen MR) is 102 cm³/mol. The molecule has 26 heavy (non-hydrogen) atoms. The number of carbonyl (C=O) groups is 1. The molecule has 1 aromatic heterocycles. The van der Waals surface area contributed by atoms with Crippen LogP contribution in [0.1, 0.15) is 16.1 Å². The van der Waals surface area contributed by atoms with E-state index in [2.05, 4.69) is 20.7 Å². The van der Waals surface area contributed by atoms with Gasteiger partial charge in [-0.05, 0) is 29.8 Å². The molecule has 2 aromatic carbocycles. The summed E-state index contributed by atoms with van der Waals surface area (Å²) in [4.78, 5) is 12.1. The van der Waals surface area contributed by atoms with Crippen LogP contribution in [0, 0.1) is 0 Å². The molecule has 2 N–H and O–H groups in total. The number of amides is 1. The van der Waals surface area contributed by atoms with E-state index in [9.17, 15) is 4.79 Å². The summed E-state index contributed by atoms with van der Waals surface area (Å²) in [5.74, 6) is 0.363. The number of aromatic amines is 1. The largest absolute Gasteiger partial charge is 0.497 e. The Kier molecular flexibility index (Phi) is 5.57. The number of allylic oxidation sites excluding steroid dienone is 1. The smallest absolute Gasteiger partial charge is 0.289 e. The van der Waals surface area contributed by atoms with Crippen molar-refractivity contribution in [2.45, 2.75) is 0 Å². The normalized spacial score (nSPS) is 11.1. The summed E-state index contributed by atoms with van der Waals surface area (Å²) in [5, 5.41) is 10.8. The zero-order valence-corrected chi connectivity index (χ0v) is 14.2. The van der Waals surface area contributed by atoms with Gasteiger partial charge in [-0.25, -0.2) is 5.43 Å². The minimum absolute atomic E-state index is 0.326. The van der Waals surface area contributed by atoms with Crippen LogP contribution < -0.4 is 10.2 Å². The van der Waals surface area contributed by atoms with Crippen molar-refractivity contribution < 1.29 is 9.53 Å². The number of nitrogens with one attached hydrogen (secondary N) is 2. The quantitative estimate of drug-likeness (QED) is 0.529. The first kappa shape index (κ1) is 17.2. The molecule has 0 spiro atoms. The van der Waals surface area contributed by atoms with E-state index in [-0.39, 0.29) is 5.91 Å². The molecule has 0 unspecified atom stereocenters. The Hall–Kier alpha value is -3.67. The summed E-state index contributed by atoms with van der Waals surface area (Å²) < 4.78 is 5.20. The number of rotatable bonds is 6. The van der Waals surface area contributed by atoms with Crippen molar-refractivity contribution >= 4 is 18.2 Å². The maximum absolute atomic E-state index is 12.1. The van der Waals surface area contributed by atoms with Crippen molar-refractivity contribution in [3.8, 4) is 17.0 Å². The van der Waals surface area contributed by atoms with Crippen molar-refractivity contribution in [1.29, 1.82) is 0 Å². The third-order valence-electron chi connectivity index (χ3n) is 3.60. The number of hydrazone groups is 1. The van der Waals surface area contributed by atoms with E-state index in [4.69, 9.17) is 4.74 Å². The zero-order chi connectivity index (χ0) is 18.2. The van der Waals surface area contributed by atoms with Crippen LogP contribution in [0.5, 0.6) is 5.75 Å². The number of nitrogens with zero attached hydrogens (tertiary/aromatic N) is 2. The fourth-order valence-electron chi connectivity index (χ4n) is 2.29. The highest BCUT2D eigenvalue weighted by molar-refractivity contribution is 5.94. The Morgan fingerprint density at radius 2 is 2.00 bits per heavy atom. The molecule has 0 saturated heterocycles. The van der Waals surface area contributed by atoms with E-state index < -0.39 is 0 Å².